The van der Waals surface area contributed by atoms with E-state index in [4.69, 9.17) is 0 Å². The van der Waals surface area contributed by atoms with Gasteiger partial charge in [-0.25, -0.2) is 0 Å². The van der Waals surface area contributed by atoms with Crippen LogP contribution >= 0.6 is 11.8 Å². The second kappa shape index (κ2) is 10.8. The number of nitrogens with zero attached hydrogens (tertiary/aromatic N) is 4. The third-order valence-corrected chi connectivity index (χ3v) is 7.22. The third kappa shape index (κ3) is 5.60. The highest BCUT2D eigenvalue weighted by Gasteiger charge is 2.29. The molecular weight excluding hydrogens is 416 g/mol. The van der Waals surface area contributed by atoms with Crippen molar-refractivity contribution in [3.05, 3.63) is 77.6 Å². The Bertz CT molecular complexity index is 995. The fourth-order valence-corrected chi connectivity index (χ4v) is 5.41. The zero-order valence-corrected chi connectivity index (χ0v) is 19.8. The average Bonchev–Trinajstić information content (AvgIpc) is 3.18. The maximum Gasteiger partial charge on any atom is 0.233 e. The Balaban J connectivity index is 1.49. The molecule has 0 N–H and O–H groups in total. The van der Waals surface area contributed by atoms with Gasteiger partial charge in [0.25, 0.3) is 0 Å². The molecule has 0 saturated carbocycles. The normalized spacial score (nSPS) is 18.6. The number of carbonyl (C=O) groups excluding carboxylic acids is 1. The topological polar surface area (TPSA) is 51.0 Å². The van der Waals surface area contributed by atoms with Gasteiger partial charge in [-0.3, -0.25) is 4.79 Å². The Morgan fingerprint density at radius 3 is 2.22 bits per heavy atom. The van der Waals surface area contributed by atoms with Gasteiger partial charge < -0.3 is 9.47 Å². The first kappa shape index (κ1) is 22.6. The highest BCUT2D eigenvalue weighted by atomic mass is 32.2. The zero-order valence-electron chi connectivity index (χ0n) is 19.0. The lowest BCUT2D eigenvalue weighted by Crippen LogP contribution is -2.48. The predicted molar refractivity (Wildman–Crippen MR) is 130 cm³/mol. The number of carbonyl (C=O) groups is 1. The van der Waals surface area contributed by atoms with Crippen LogP contribution in [0.15, 0.2) is 65.8 Å². The number of benzene rings is 2. The molecule has 1 fully saturated rings. The standard InChI is InChI=1S/C26H32N4OS/c1-20-10-9-11-21(2)30(20)25(31)19-32-26-28-27-24(18-23-14-7-4-8-15-23)29(26)17-16-22-12-5-3-6-13-22/h3-8,12-15,20-21H,9-11,16-19H2,1-2H3. The molecular formula is C26H32N4OS. The van der Waals surface area contributed by atoms with E-state index in [2.05, 4.69) is 82.0 Å². The fraction of sp³-hybridized carbons (Fsp3) is 0.423. The van der Waals surface area contributed by atoms with Crippen LogP contribution in [-0.4, -0.2) is 43.4 Å². The average molecular weight is 449 g/mol. The van der Waals surface area contributed by atoms with Gasteiger partial charge in [-0.1, -0.05) is 72.4 Å². The number of piperidine rings is 1. The van der Waals surface area contributed by atoms with Crippen molar-refractivity contribution in [2.24, 2.45) is 0 Å². The first-order valence-corrected chi connectivity index (χ1v) is 12.5. The predicted octanol–water partition coefficient (Wildman–Crippen LogP) is 4.99. The molecule has 6 heteroatoms. The largest absolute Gasteiger partial charge is 0.337 e. The molecule has 1 amide bonds. The summed E-state index contributed by atoms with van der Waals surface area (Å²) in [6.07, 6.45) is 5.03. The number of aryl methyl sites for hydroxylation is 1. The highest BCUT2D eigenvalue weighted by Crippen LogP contribution is 2.25. The van der Waals surface area contributed by atoms with Gasteiger partial charge in [0, 0.05) is 25.0 Å². The number of hydrogen-bond donors (Lipinski definition) is 0. The van der Waals surface area contributed by atoms with Gasteiger partial charge >= 0.3 is 0 Å². The van der Waals surface area contributed by atoms with Crippen LogP contribution in [0.3, 0.4) is 0 Å². The van der Waals surface area contributed by atoms with Gasteiger partial charge in [-0.15, -0.1) is 10.2 Å². The summed E-state index contributed by atoms with van der Waals surface area (Å²) in [5.41, 5.74) is 2.50. The van der Waals surface area contributed by atoms with Crippen LogP contribution in [-0.2, 0) is 24.2 Å². The van der Waals surface area contributed by atoms with E-state index in [1.807, 2.05) is 12.1 Å². The maximum absolute atomic E-state index is 13.0. The second-order valence-electron chi connectivity index (χ2n) is 8.67. The molecule has 1 saturated heterocycles. The van der Waals surface area contributed by atoms with Crippen molar-refractivity contribution in [2.45, 2.75) is 69.7 Å². The summed E-state index contributed by atoms with van der Waals surface area (Å²) in [4.78, 5) is 15.1. The van der Waals surface area contributed by atoms with E-state index >= 15 is 0 Å². The van der Waals surface area contributed by atoms with Gasteiger partial charge in [0.1, 0.15) is 5.82 Å². The molecule has 1 aromatic heterocycles. The van der Waals surface area contributed by atoms with Crippen LogP contribution < -0.4 is 0 Å². The summed E-state index contributed by atoms with van der Waals surface area (Å²) in [6.45, 7) is 5.13. The van der Waals surface area contributed by atoms with Crippen molar-refractivity contribution in [1.82, 2.24) is 19.7 Å². The van der Waals surface area contributed by atoms with Crippen molar-refractivity contribution in [3.63, 3.8) is 0 Å². The molecule has 0 bridgehead atoms. The zero-order chi connectivity index (χ0) is 22.3. The summed E-state index contributed by atoms with van der Waals surface area (Å²) in [6, 6.07) is 21.5. The molecule has 1 aliphatic rings. The molecule has 168 valence electrons. The van der Waals surface area contributed by atoms with Crippen LogP contribution in [0.25, 0.3) is 0 Å². The van der Waals surface area contributed by atoms with E-state index in [0.717, 1.165) is 43.2 Å². The van der Waals surface area contributed by atoms with Crippen molar-refractivity contribution in [2.75, 3.05) is 5.75 Å². The molecule has 32 heavy (non-hydrogen) atoms. The Morgan fingerprint density at radius 1 is 0.938 bits per heavy atom. The molecule has 2 aromatic carbocycles. The summed E-state index contributed by atoms with van der Waals surface area (Å²) < 4.78 is 2.20. The summed E-state index contributed by atoms with van der Waals surface area (Å²) >= 11 is 1.52. The summed E-state index contributed by atoms with van der Waals surface area (Å²) in [7, 11) is 0. The van der Waals surface area contributed by atoms with Crippen molar-refractivity contribution >= 4 is 17.7 Å². The number of amides is 1. The molecule has 0 aliphatic carbocycles. The minimum Gasteiger partial charge on any atom is -0.337 e. The third-order valence-electron chi connectivity index (χ3n) is 6.27. The second-order valence-corrected chi connectivity index (χ2v) is 9.61. The summed E-state index contributed by atoms with van der Waals surface area (Å²) in [5.74, 6) is 1.56. The molecule has 1 aliphatic heterocycles. The van der Waals surface area contributed by atoms with Crippen LogP contribution in [0.4, 0.5) is 0 Å². The summed E-state index contributed by atoms with van der Waals surface area (Å²) in [5, 5.41) is 9.83. The van der Waals surface area contributed by atoms with Gasteiger partial charge in [0.15, 0.2) is 5.16 Å². The number of rotatable bonds is 8. The van der Waals surface area contributed by atoms with E-state index < -0.39 is 0 Å². The molecule has 0 spiro atoms. The van der Waals surface area contributed by atoms with Crippen LogP contribution in [0.1, 0.15) is 50.1 Å². The van der Waals surface area contributed by atoms with Crippen LogP contribution in [0.2, 0.25) is 0 Å². The van der Waals surface area contributed by atoms with Crippen LogP contribution in [0.5, 0.6) is 0 Å². The number of likely N-dealkylation sites (tertiary alicyclic amines) is 1. The minimum absolute atomic E-state index is 0.205. The van der Waals surface area contributed by atoms with Gasteiger partial charge in [0.05, 0.1) is 5.75 Å². The number of aromatic nitrogens is 3. The van der Waals surface area contributed by atoms with E-state index in [9.17, 15) is 4.79 Å². The van der Waals surface area contributed by atoms with Gasteiger partial charge in [-0.2, -0.15) is 0 Å². The van der Waals surface area contributed by atoms with Crippen molar-refractivity contribution in [1.29, 1.82) is 0 Å². The Morgan fingerprint density at radius 2 is 1.56 bits per heavy atom. The minimum atomic E-state index is 0.205. The van der Waals surface area contributed by atoms with Crippen LogP contribution in [0, 0.1) is 0 Å². The molecule has 3 aromatic rings. The molecule has 2 unspecified atom stereocenters. The lowest BCUT2D eigenvalue weighted by Gasteiger charge is -2.39. The first-order valence-electron chi connectivity index (χ1n) is 11.6. The van der Waals surface area contributed by atoms with Crippen molar-refractivity contribution < 1.29 is 4.79 Å². The fourth-order valence-electron chi connectivity index (χ4n) is 4.56. The van der Waals surface area contributed by atoms with Gasteiger partial charge in [-0.05, 0) is 50.7 Å². The first-order chi connectivity index (χ1) is 15.6. The molecule has 2 atom stereocenters. The molecule has 4 rings (SSSR count). The SMILES string of the molecule is CC1CCCC(C)N1C(=O)CSc1nnc(Cc2ccccc2)n1CCc1ccccc1. The highest BCUT2D eigenvalue weighted by molar-refractivity contribution is 7.99. The monoisotopic (exact) mass is 448 g/mol. The smallest absolute Gasteiger partial charge is 0.233 e. The molecule has 2 heterocycles. The lowest BCUT2D eigenvalue weighted by molar-refractivity contribution is -0.134. The number of hydrogen-bond acceptors (Lipinski definition) is 4. The Hall–Kier alpha value is -2.60. The lowest BCUT2D eigenvalue weighted by atomic mass is 9.98. The van der Waals surface area contributed by atoms with E-state index in [1.165, 1.54) is 29.3 Å². The van der Waals surface area contributed by atoms with Gasteiger partial charge in [0.2, 0.25) is 5.91 Å². The Labute approximate surface area is 195 Å². The molecule has 5 nitrogen and oxygen atoms in total. The Kier molecular flexibility index (Phi) is 7.63. The quantitative estimate of drug-likeness (QED) is 0.456. The molecule has 0 radical (unpaired) electrons. The van der Waals surface area contributed by atoms with Crippen molar-refractivity contribution in [3.8, 4) is 0 Å². The van der Waals surface area contributed by atoms with E-state index in [-0.39, 0.29) is 5.91 Å². The van der Waals surface area contributed by atoms with E-state index in [1.54, 1.807) is 0 Å². The number of thioether (sulfide) groups is 1. The maximum atomic E-state index is 13.0. The van der Waals surface area contributed by atoms with E-state index in [0.29, 0.717) is 17.8 Å².